The molecule has 0 radical (unpaired) electrons. The van der Waals surface area contributed by atoms with E-state index in [2.05, 4.69) is 14.7 Å². The number of carbonyl (C=O) groups is 1. The Kier molecular flexibility index (Phi) is 6.70. The van der Waals surface area contributed by atoms with E-state index in [1.807, 2.05) is 0 Å². The van der Waals surface area contributed by atoms with Crippen LogP contribution >= 0.6 is 0 Å². The van der Waals surface area contributed by atoms with E-state index in [-0.39, 0.29) is 31.3 Å². The number of amides is 1. The van der Waals surface area contributed by atoms with Gasteiger partial charge in [0.15, 0.2) is 0 Å². The first-order valence-electron chi connectivity index (χ1n) is 7.77. The van der Waals surface area contributed by atoms with Crippen LogP contribution in [-0.4, -0.2) is 41.4 Å². The summed E-state index contributed by atoms with van der Waals surface area (Å²) in [4.78, 5) is 20.7. The highest BCUT2D eigenvalue weighted by Gasteiger charge is 2.38. The lowest BCUT2D eigenvalue weighted by atomic mass is 10.1. The SMILES string of the molecule is CCON(Cc1ccc(-c2noc(C(F)(F)F)n2)cc1)C(=O)CCOC. The fraction of sp³-hybridized carbons (Fsp3) is 0.438. The van der Waals surface area contributed by atoms with Crippen molar-refractivity contribution in [2.45, 2.75) is 26.1 Å². The molecule has 26 heavy (non-hydrogen) atoms. The Bertz CT molecular complexity index is 716. The third kappa shape index (κ3) is 5.27. The number of nitrogens with zero attached hydrogens (tertiary/aromatic N) is 3. The van der Waals surface area contributed by atoms with E-state index < -0.39 is 12.1 Å². The number of rotatable bonds is 8. The molecule has 1 heterocycles. The van der Waals surface area contributed by atoms with Crippen LogP contribution in [0.15, 0.2) is 28.8 Å². The second kappa shape index (κ2) is 8.77. The Labute approximate surface area is 147 Å². The average Bonchev–Trinajstić information content (AvgIpc) is 3.10. The summed E-state index contributed by atoms with van der Waals surface area (Å²) < 4.78 is 46.6. The zero-order valence-electron chi connectivity index (χ0n) is 14.2. The first kappa shape index (κ1) is 19.9. The van der Waals surface area contributed by atoms with Crippen molar-refractivity contribution in [2.24, 2.45) is 0 Å². The minimum atomic E-state index is -4.69. The van der Waals surface area contributed by atoms with Gasteiger partial charge in [0.25, 0.3) is 0 Å². The predicted octanol–water partition coefficient (Wildman–Crippen LogP) is 3.07. The van der Waals surface area contributed by atoms with Crippen molar-refractivity contribution >= 4 is 5.91 Å². The van der Waals surface area contributed by atoms with Crippen molar-refractivity contribution in [2.75, 3.05) is 20.3 Å². The molecule has 7 nitrogen and oxygen atoms in total. The van der Waals surface area contributed by atoms with Gasteiger partial charge < -0.3 is 9.26 Å². The molecular formula is C16H18F3N3O4. The Hall–Kier alpha value is -2.46. The maximum Gasteiger partial charge on any atom is 0.471 e. The van der Waals surface area contributed by atoms with E-state index >= 15 is 0 Å². The molecule has 10 heteroatoms. The second-order valence-electron chi connectivity index (χ2n) is 5.21. The van der Waals surface area contributed by atoms with Gasteiger partial charge in [-0.05, 0) is 12.5 Å². The molecule has 2 aromatic rings. The highest BCUT2D eigenvalue weighted by molar-refractivity contribution is 5.75. The van der Waals surface area contributed by atoms with Crippen LogP contribution in [0.5, 0.6) is 0 Å². The summed E-state index contributed by atoms with van der Waals surface area (Å²) in [5, 5.41) is 4.55. The lowest BCUT2D eigenvalue weighted by Gasteiger charge is -2.21. The van der Waals surface area contributed by atoms with Crippen LogP contribution in [0.4, 0.5) is 13.2 Å². The number of carbonyl (C=O) groups excluding carboxylic acids is 1. The molecule has 0 saturated heterocycles. The van der Waals surface area contributed by atoms with Gasteiger partial charge >= 0.3 is 12.1 Å². The Morgan fingerprint density at radius 1 is 1.27 bits per heavy atom. The van der Waals surface area contributed by atoms with Gasteiger partial charge in [0.05, 0.1) is 26.2 Å². The van der Waals surface area contributed by atoms with E-state index in [4.69, 9.17) is 9.57 Å². The van der Waals surface area contributed by atoms with E-state index in [9.17, 15) is 18.0 Å². The quantitative estimate of drug-likeness (QED) is 0.662. The normalized spacial score (nSPS) is 11.6. The fourth-order valence-corrected chi connectivity index (χ4v) is 2.06. The van der Waals surface area contributed by atoms with Gasteiger partial charge in [0, 0.05) is 12.7 Å². The van der Waals surface area contributed by atoms with Crippen LogP contribution in [0, 0.1) is 0 Å². The van der Waals surface area contributed by atoms with Crippen LogP contribution in [0.1, 0.15) is 24.8 Å². The molecule has 0 unspecified atom stereocenters. The monoisotopic (exact) mass is 373 g/mol. The molecule has 1 amide bonds. The van der Waals surface area contributed by atoms with Gasteiger partial charge in [0.1, 0.15) is 0 Å². The number of benzene rings is 1. The number of halogens is 3. The molecule has 0 N–H and O–H groups in total. The van der Waals surface area contributed by atoms with Crippen LogP contribution in [0.2, 0.25) is 0 Å². The molecule has 1 aromatic heterocycles. The molecule has 2 rings (SSSR count). The van der Waals surface area contributed by atoms with Gasteiger partial charge in [-0.3, -0.25) is 9.63 Å². The van der Waals surface area contributed by atoms with E-state index in [1.165, 1.54) is 12.2 Å². The summed E-state index contributed by atoms with van der Waals surface area (Å²) in [7, 11) is 1.50. The van der Waals surface area contributed by atoms with E-state index in [1.54, 1.807) is 31.2 Å². The zero-order valence-corrected chi connectivity index (χ0v) is 14.2. The van der Waals surface area contributed by atoms with Gasteiger partial charge in [-0.25, -0.2) is 5.06 Å². The second-order valence-corrected chi connectivity index (χ2v) is 5.21. The van der Waals surface area contributed by atoms with Crippen molar-refractivity contribution < 1.29 is 32.1 Å². The Morgan fingerprint density at radius 2 is 1.96 bits per heavy atom. The highest BCUT2D eigenvalue weighted by atomic mass is 19.4. The zero-order chi connectivity index (χ0) is 19.2. The van der Waals surface area contributed by atoms with Crippen molar-refractivity contribution in [1.82, 2.24) is 15.2 Å². The van der Waals surface area contributed by atoms with Crippen molar-refractivity contribution in [3.63, 3.8) is 0 Å². The lowest BCUT2D eigenvalue weighted by Crippen LogP contribution is -2.31. The summed E-state index contributed by atoms with van der Waals surface area (Å²) in [5.74, 6) is -1.80. The van der Waals surface area contributed by atoms with Gasteiger partial charge in [-0.1, -0.05) is 29.4 Å². The van der Waals surface area contributed by atoms with Crippen molar-refractivity contribution in [1.29, 1.82) is 0 Å². The highest BCUT2D eigenvalue weighted by Crippen LogP contribution is 2.29. The minimum absolute atomic E-state index is 0.165. The summed E-state index contributed by atoms with van der Waals surface area (Å²) in [5.41, 5.74) is 1.09. The van der Waals surface area contributed by atoms with Crippen LogP contribution in [0.3, 0.4) is 0 Å². The van der Waals surface area contributed by atoms with Gasteiger partial charge in [0.2, 0.25) is 11.7 Å². The molecule has 0 spiro atoms. The van der Waals surface area contributed by atoms with Crippen LogP contribution in [-0.2, 0) is 27.1 Å². The molecule has 0 bridgehead atoms. The summed E-state index contributed by atoms with van der Waals surface area (Å²) >= 11 is 0. The molecule has 142 valence electrons. The number of alkyl halides is 3. The Balaban J connectivity index is 2.08. The van der Waals surface area contributed by atoms with Gasteiger partial charge in [-0.15, -0.1) is 0 Å². The maximum atomic E-state index is 12.5. The molecule has 0 fully saturated rings. The van der Waals surface area contributed by atoms with Crippen molar-refractivity contribution in [3.05, 3.63) is 35.7 Å². The average molecular weight is 373 g/mol. The topological polar surface area (TPSA) is 77.7 Å². The first-order valence-corrected chi connectivity index (χ1v) is 7.77. The smallest absolute Gasteiger partial charge is 0.384 e. The number of ether oxygens (including phenoxy) is 1. The van der Waals surface area contributed by atoms with Gasteiger partial charge in [-0.2, -0.15) is 18.2 Å². The summed E-state index contributed by atoms with van der Waals surface area (Å²) in [6.45, 7) is 2.55. The third-order valence-electron chi connectivity index (χ3n) is 3.29. The molecular weight excluding hydrogens is 355 g/mol. The van der Waals surface area contributed by atoms with E-state index in [0.717, 1.165) is 5.56 Å². The first-order chi connectivity index (χ1) is 12.3. The molecule has 0 aliphatic rings. The summed E-state index contributed by atoms with van der Waals surface area (Å²) in [6.07, 6.45) is -4.51. The minimum Gasteiger partial charge on any atom is -0.384 e. The largest absolute Gasteiger partial charge is 0.471 e. The number of methoxy groups -OCH3 is 1. The molecule has 0 aliphatic carbocycles. The third-order valence-corrected chi connectivity index (χ3v) is 3.29. The van der Waals surface area contributed by atoms with Crippen molar-refractivity contribution in [3.8, 4) is 11.4 Å². The standard InChI is InChI=1S/C16H18F3N3O4/c1-3-25-22(13(23)8-9-24-2)10-11-4-6-12(7-5-11)14-20-15(26-21-14)16(17,18)19/h4-7H,3,8-10H2,1-2H3. The predicted molar refractivity (Wildman–Crippen MR) is 83.4 cm³/mol. The number of hydroxylamine groups is 2. The molecule has 0 atom stereocenters. The Morgan fingerprint density at radius 3 is 2.50 bits per heavy atom. The fourth-order valence-electron chi connectivity index (χ4n) is 2.06. The van der Waals surface area contributed by atoms with Crippen LogP contribution in [0.25, 0.3) is 11.4 Å². The molecule has 0 saturated carbocycles. The van der Waals surface area contributed by atoms with E-state index in [0.29, 0.717) is 12.2 Å². The molecule has 1 aromatic carbocycles. The summed E-state index contributed by atoms with van der Waals surface area (Å²) in [6, 6.07) is 6.39. The number of aromatic nitrogens is 2. The lowest BCUT2D eigenvalue weighted by molar-refractivity contribution is -0.189. The number of hydrogen-bond donors (Lipinski definition) is 0. The molecule has 0 aliphatic heterocycles. The van der Waals surface area contributed by atoms with Crippen LogP contribution < -0.4 is 0 Å². The maximum absolute atomic E-state index is 12.5. The number of hydrogen-bond acceptors (Lipinski definition) is 6.